The first kappa shape index (κ1) is 15.2. The summed E-state index contributed by atoms with van der Waals surface area (Å²) in [7, 11) is 4.25. The molecule has 1 aromatic heterocycles. The van der Waals surface area contributed by atoms with Gasteiger partial charge in [-0.2, -0.15) is 0 Å². The van der Waals surface area contributed by atoms with Crippen LogP contribution in [0.3, 0.4) is 0 Å². The molecular weight excluding hydrogens is 264 g/mol. The van der Waals surface area contributed by atoms with Crippen molar-refractivity contribution in [1.29, 1.82) is 0 Å². The van der Waals surface area contributed by atoms with Crippen LogP contribution in [0.5, 0.6) is 0 Å². The van der Waals surface area contributed by atoms with Crippen molar-refractivity contribution in [2.24, 2.45) is 0 Å². The lowest BCUT2D eigenvalue weighted by molar-refractivity contribution is 0.326. The number of rotatable bonds is 6. The van der Waals surface area contributed by atoms with Gasteiger partial charge in [0.05, 0.1) is 0 Å². The number of aryl methyl sites for hydroxylation is 1. The summed E-state index contributed by atoms with van der Waals surface area (Å²) in [6, 6.07) is 15.8. The summed E-state index contributed by atoms with van der Waals surface area (Å²) in [6.45, 7) is 5.41. The van der Waals surface area contributed by atoms with Crippen LogP contribution in [0.25, 0.3) is 0 Å². The summed E-state index contributed by atoms with van der Waals surface area (Å²) < 4.78 is 0. The number of likely N-dealkylation sites (N-methyl/N-ethyl adjacent to an activating group) is 1. The zero-order valence-electron chi connectivity index (χ0n) is 12.8. The maximum absolute atomic E-state index is 3.76. The third kappa shape index (κ3) is 4.17. The van der Waals surface area contributed by atoms with E-state index < -0.39 is 0 Å². The molecule has 2 nitrogen and oxygen atoms in total. The fourth-order valence-electron chi connectivity index (χ4n) is 2.37. The average molecular weight is 288 g/mol. The Bertz CT molecular complexity index is 519. The molecule has 0 aliphatic rings. The topological polar surface area (TPSA) is 15.3 Å². The van der Waals surface area contributed by atoms with Crippen LogP contribution in [0.4, 0.5) is 0 Å². The molecule has 0 aliphatic carbocycles. The molecule has 1 N–H and O–H groups in total. The highest BCUT2D eigenvalue weighted by Crippen LogP contribution is 2.25. The van der Waals surface area contributed by atoms with Crippen molar-refractivity contribution in [3.05, 3.63) is 57.8 Å². The lowest BCUT2D eigenvalue weighted by Gasteiger charge is -2.26. The first-order chi connectivity index (χ1) is 9.56. The second-order valence-corrected chi connectivity index (χ2v) is 6.88. The summed E-state index contributed by atoms with van der Waals surface area (Å²) in [5.41, 5.74) is 1.35. The molecule has 108 valence electrons. The Labute approximate surface area is 126 Å². The Hall–Kier alpha value is -1.16. The molecule has 0 saturated carbocycles. The fourth-order valence-corrected chi connectivity index (χ4v) is 3.26. The molecule has 0 aliphatic heterocycles. The van der Waals surface area contributed by atoms with Crippen LogP contribution in [-0.4, -0.2) is 25.5 Å². The zero-order valence-corrected chi connectivity index (χ0v) is 13.6. The van der Waals surface area contributed by atoms with Gasteiger partial charge < -0.3 is 10.2 Å². The second kappa shape index (κ2) is 7.02. The lowest BCUT2D eigenvalue weighted by atomic mass is 10.1. The SMILES string of the molecule is Cc1ccc(C(C)NC(CN(C)C)c2ccccc2)s1. The van der Waals surface area contributed by atoms with Gasteiger partial charge in [-0.15, -0.1) is 11.3 Å². The standard InChI is InChI=1S/C17H24N2S/c1-13-10-11-17(20-13)14(2)18-16(12-19(3)4)15-8-6-5-7-9-15/h5-11,14,16,18H,12H2,1-4H3. The molecule has 0 radical (unpaired) electrons. The van der Waals surface area contributed by atoms with Gasteiger partial charge in [0.15, 0.2) is 0 Å². The van der Waals surface area contributed by atoms with Gasteiger partial charge in [-0.05, 0) is 45.6 Å². The van der Waals surface area contributed by atoms with E-state index in [0.29, 0.717) is 12.1 Å². The van der Waals surface area contributed by atoms with E-state index in [0.717, 1.165) is 6.54 Å². The first-order valence-corrected chi connectivity index (χ1v) is 7.90. The van der Waals surface area contributed by atoms with Crippen molar-refractivity contribution in [3.63, 3.8) is 0 Å². The average Bonchev–Trinajstić information content (AvgIpc) is 2.85. The molecule has 1 aromatic carbocycles. The van der Waals surface area contributed by atoms with Crippen LogP contribution in [0, 0.1) is 6.92 Å². The lowest BCUT2D eigenvalue weighted by Crippen LogP contribution is -2.32. The van der Waals surface area contributed by atoms with E-state index in [1.165, 1.54) is 15.3 Å². The maximum Gasteiger partial charge on any atom is 0.0453 e. The van der Waals surface area contributed by atoms with Gasteiger partial charge in [0.2, 0.25) is 0 Å². The molecular formula is C17H24N2S. The van der Waals surface area contributed by atoms with Crippen molar-refractivity contribution in [3.8, 4) is 0 Å². The number of hydrogen-bond donors (Lipinski definition) is 1. The van der Waals surface area contributed by atoms with Gasteiger partial charge in [0.1, 0.15) is 0 Å². The molecule has 0 bridgehead atoms. The van der Waals surface area contributed by atoms with E-state index in [9.17, 15) is 0 Å². The third-order valence-electron chi connectivity index (χ3n) is 3.39. The van der Waals surface area contributed by atoms with Crippen LogP contribution in [0.1, 0.15) is 34.3 Å². The number of nitrogens with zero attached hydrogens (tertiary/aromatic N) is 1. The van der Waals surface area contributed by atoms with Crippen molar-refractivity contribution < 1.29 is 0 Å². The summed E-state index contributed by atoms with van der Waals surface area (Å²) in [5, 5.41) is 3.76. The Morgan fingerprint density at radius 1 is 1.10 bits per heavy atom. The molecule has 2 unspecified atom stereocenters. The van der Waals surface area contributed by atoms with E-state index in [4.69, 9.17) is 0 Å². The molecule has 0 spiro atoms. The van der Waals surface area contributed by atoms with Gasteiger partial charge in [0.25, 0.3) is 0 Å². The van der Waals surface area contributed by atoms with E-state index >= 15 is 0 Å². The highest BCUT2D eigenvalue weighted by molar-refractivity contribution is 7.12. The normalized spacial score (nSPS) is 14.4. The maximum atomic E-state index is 3.76. The molecule has 20 heavy (non-hydrogen) atoms. The molecule has 2 rings (SSSR count). The third-order valence-corrected chi connectivity index (χ3v) is 4.57. The minimum absolute atomic E-state index is 0.351. The van der Waals surface area contributed by atoms with Gasteiger partial charge in [-0.25, -0.2) is 0 Å². The Kier molecular flexibility index (Phi) is 5.35. The number of nitrogens with one attached hydrogen (secondary N) is 1. The van der Waals surface area contributed by atoms with Crippen molar-refractivity contribution in [2.75, 3.05) is 20.6 Å². The fraction of sp³-hybridized carbons (Fsp3) is 0.412. The molecule has 0 saturated heterocycles. The zero-order chi connectivity index (χ0) is 14.5. The summed E-state index contributed by atoms with van der Waals surface area (Å²) >= 11 is 1.88. The Morgan fingerprint density at radius 3 is 2.35 bits per heavy atom. The van der Waals surface area contributed by atoms with Crippen LogP contribution in [0.2, 0.25) is 0 Å². The second-order valence-electron chi connectivity index (χ2n) is 5.56. The summed E-state index contributed by atoms with van der Waals surface area (Å²) in [6.07, 6.45) is 0. The monoisotopic (exact) mass is 288 g/mol. The summed E-state index contributed by atoms with van der Waals surface area (Å²) in [5.74, 6) is 0. The molecule has 0 amide bonds. The van der Waals surface area contributed by atoms with Crippen LogP contribution >= 0.6 is 11.3 Å². The largest absolute Gasteiger partial charge is 0.308 e. The quantitative estimate of drug-likeness (QED) is 0.864. The van der Waals surface area contributed by atoms with Crippen molar-refractivity contribution in [1.82, 2.24) is 10.2 Å². The van der Waals surface area contributed by atoms with Gasteiger partial charge in [-0.1, -0.05) is 30.3 Å². The number of benzene rings is 1. The van der Waals surface area contributed by atoms with Crippen LogP contribution in [0.15, 0.2) is 42.5 Å². The minimum Gasteiger partial charge on any atom is -0.308 e. The van der Waals surface area contributed by atoms with Gasteiger partial charge in [-0.3, -0.25) is 0 Å². The molecule has 2 aromatic rings. The van der Waals surface area contributed by atoms with Crippen LogP contribution < -0.4 is 5.32 Å². The van der Waals surface area contributed by atoms with Crippen molar-refractivity contribution in [2.45, 2.75) is 25.9 Å². The van der Waals surface area contributed by atoms with Gasteiger partial charge in [0, 0.05) is 28.4 Å². The highest BCUT2D eigenvalue weighted by atomic mass is 32.1. The minimum atomic E-state index is 0.351. The first-order valence-electron chi connectivity index (χ1n) is 7.08. The predicted molar refractivity (Wildman–Crippen MR) is 88.3 cm³/mol. The van der Waals surface area contributed by atoms with E-state index in [-0.39, 0.29) is 0 Å². The van der Waals surface area contributed by atoms with E-state index in [1.54, 1.807) is 0 Å². The summed E-state index contributed by atoms with van der Waals surface area (Å²) in [4.78, 5) is 5.01. The van der Waals surface area contributed by atoms with Crippen molar-refractivity contribution >= 4 is 11.3 Å². The number of thiophene rings is 1. The smallest absolute Gasteiger partial charge is 0.0453 e. The predicted octanol–water partition coefficient (Wildman–Crippen LogP) is 4.01. The van der Waals surface area contributed by atoms with Gasteiger partial charge >= 0.3 is 0 Å². The molecule has 0 fully saturated rings. The van der Waals surface area contributed by atoms with E-state index in [1.807, 2.05) is 11.3 Å². The highest BCUT2D eigenvalue weighted by Gasteiger charge is 2.16. The molecule has 2 atom stereocenters. The Morgan fingerprint density at radius 2 is 1.80 bits per heavy atom. The molecule has 1 heterocycles. The van der Waals surface area contributed by atoms with Crippen LogP contribution in [-0.2, 0) is 0 Å². The molecule has 3 heteroatoms. The number of hydrogen-bond acceptors (Lipinski definition) is 3. The van der Waals surface area contributed by atoms with E-state index in [2.05, 4.69) is 80.6 Å². The Balaban J connectivity index is 2.11.